The lowest BCUT2D eigenvalue weighted by Crippen LogP contribution is -2.62. The minimum Gasteiger partial charge on any atom is -0.387 e. The second-order valence-corrected chi connectivity index (χ2v) is 10.2. The number of hydrogen-bond acceptors (Lipinski definition) is 10. The van der Waals surface area contributed by atoms with Crippen LogP contribution < -0.4 is 15.2 Å². The molecule has 188 valence electrons. The largest absolute Gasteiger partial charge is 0.387 e. The van der Waals surface area contributed by atoms with Gasteiger partial charge in [0.15, 0.2) is 17.2 Å². The lowest BCUT2D eigenvalue weighted by Gasteiger charge is -2.42. The number of aromatic nitrogens is 4. The maximum absolute atomic E-state index is 14.3. The van der Waals surface area contributed by atoms with Gasteiger partial charge >= 0.3 is 0 Å². The molecule has 1 aromatic carbocycles. The predicted octanol–water partition coefficient (Wildman–Crippen LogP) is -1.31. The number of rotatable bonds is 7. The van der Waals surface area contributed by atoms with Gasteiger partial charge in [0, 0.05) is 12.1 Å². The Morgan fingerprint density at radius 2 is 2.00 bits per heavy atom. The van der Waals surface area contributed by atoms with Crippen LogP contribution in [0.15, 0.2) is 36.9 Å². The van der Waals surface area contributed by atoms with E-state index in [4.69, 9.17) is 15.2 Å². The summed E-state index contributed by atoms with van der Waals surface area (Å²) in [6.07, 6.45) is -1.47. The summed E-state index contributed by atoms with van der Waals surface area (Å²) < 4.78 is 57.2. The summed E-state index contributed by atoms with van der Waals surface area (Å²) in [6.45, 7) is 1.02. The van der Waals surface area contributed by atoms with Crippen molar-refractivity contribution in [1.82, 2.24) is 29.0 Å². The van der Waals surface area contributed by atoms with Crippen LogP contribution in [0.3, 0.4) is 0 Å². The minimum absolute atomic E-state index is 0.0487. The van der Waals surface area contributed by atoms with Crippen molar-refractivity contribution in [3.63, 3.8) is 0 Å². The average molecular weight is 510 g/mol. The summed E-state index contributed by atoms with van der Waals surface area (Å²) in [7, 11) is -4.20. The molecule has 5 rings (SSSR count). The van der Waals surface area contributed by atoms with Gasteiger partial charge < -0.3 is 25.4 Å². The number of aliphatic hydroxyl groups is 2. The van der Waals surface area contributed by atoms with E-state index in [2.05, 4.69) is 24.4 Å². The lowest BCUT2D eigenvalue weighted by atomic mass is 9.89. The highest BCUT2D eigenvalue weighted by molar-refractivity contribution is 7.87. The molecular formula is C20H24FN7O6S. The van der Waals surface area contributed by atoms with Crippen molar-refractivity contribution in [2.45, 2.75) is 36.5 Å². The Morgan fingerprint density at radius 1 is 1.26 bits per heavy atom. The van der Waals surface area contributed by atoms with Gasteiger partial charge in [-0.15, -0.1) is 0 Å². The van der Waals surface area contributed by atoms with Crippen LogP contribution in [0.25, 0.3) is 11.2 Å². The quantitative estimate of drug-likeness (QED) is 0.256. The summed E-state index contributed by atoms with van der Waals surface area (Å²) in [5, 5.41) is 21.4. The molecule has 15 heteroatoms. The Labute approximate surface area is 199 Å². The van der Waals surface area contributed by atoms with E-state index in [1.54, 1.807) is 6.07 Å². The van der Waals surface area contributed by atoms with Crippen molar-refractivity contribution >= 4 is 27.2 Å². The van der Waals surface area contributed by atoms with Crippen LogP contribution in [0.4, 0.5) is 10.2 Å². The standard InChI is InChI=1S/C20H24FN7O6S/c1-19(28-10-25-14-17(22)23-9-24-18(14)28)16(30)15(29)13(34-19)6-26-35(31,32)27-20(7-33-8-20)11-4-2-3-5-12(11)21/h2-5,9-10,13,15-16,26-27,29-30H,6-8H2,1H3,(H2,22,23,24)/t13-,15-,16-,19?/m1/s1. The van der Waals surface area contributed by atoms with Crippen molar-refractivity contribution in [3.8, 4) is 0 Å². The lowest BCUT2D eigenvalue weighted by molar-refractivity contribution is -0.124. The fraction of sp³-hybridized carbons (Fsp3) is 0.450. The molecule has 0 aliphatic carbocycles. The van der Waals surface area contributed by atoms with E-state index in [9.17, 15) is 23.0 Å². The van der Waals surface area contributed by atoms with E-state index in [1.165, 1.54) is 42.3 Å². The van der Waals surface area contributed by atoms with Gasteiger partial charge in [0.05, 0.1) is 19.5 Å². The first-order chi connectivity index (χ1) is 16.6. The van der Waals surface area contributed by atoms with Crippen LogP contribution >= 0.6 is 0 Å². The number of nitrogen functional groups attached to an aromatic ring is 1. The molecule has 6 N–H and O–H groups in total. The van der Waals surface area contributed by atoms with Crippen molar-refractivity contribution in [1.29, 1.82) is 0 Å². The first kappa shape index (κ1) is 23.9. The van der Waals surface area contributed by atoms with E-state index >= 15 is 0 Å². The van der Waals surface area contributed by atoms with Gasteiger partial charge in [0.1, 0.15) is 41.5 Å². The van der Waals surface area contributed by atoms with Crippen LogP contribution in [0.5, 0.6) is 0 Å². The maximum atomic E-state index is 14.3. The fourth-order valence-corrected chi connectivity index (χ4v) is 5.61. The second-order valence-electron chi connectivity index (χ2n) is 8.70. The molecule has 4 atom stereocenters. The number of anilines is 1. The van der Waals surface area contributed by atoms with E-state index in [-0.39, 0.29) is 42.3 Å². The van der Waals surface area contributed by atoms with Crippen molar-refractivity contribution in [2.75, 3.05) is 25.5 Å². The molecule has 2 fully saturated rings. The molecule has 13 nitrogen and oxygen atoms in total. The number of ether oxygens (including phenoxy) is 2. The number of halogens is 1. The molecular weight excluding hydrogens is 485 g/mol. The van der Waals surface area contributed by atoms with Gasteiger partial charge in [-0.2, -0.15) is 17.9 Å². The second kappa shape index (κ2) is 8.41. The first-order valence-corrected chi connectivity index (χ1v) is 12.1. The third kappa shape index (κ3) is 3.94. The number of fused-ring (bicyclic) bond motifs is 1. The molecule has 4 heterocycles. The molecule has 0 bridgehead atoms. The third-order valence-corrected chi connectivity index (χ3v) is 7.58. The topological polar surface area (TPSA) is 187 Å². The number of nitrogens with one attached hydrogen (secondary N) is 2. The molecule has 35 heavy (non-hydrogen) atoms. The van der Waals surface area contributed by atoms with Crippen molar-refractivity contribution < 1.29 is 32.5 Å². The zero-order valence-electron chi connectivity index (χ0n) is 18.5. The summed E-state index contributed by atoms with van der Waals surface area (Å²) in [5.74, 6) is -0.437. The van der Waals surface area contributed by atoms with Crippen LogP contribution in [0, 0.1) is 5.82 Å². The van der Waals surface area contributed by atoms with Crippen LogP contribution in [0.2, 0.25) is 0 Å². The number of nitrogens with two attached hydrogens (primary N) is 1. The molecule has 1 unspecified atom stereocenters. The van der Waals surface area contributed by atoms with Gasteiger partial charge in [-0.05, 0) is 13.0 Å². The minimum atomic E-state index is -4.20. The van der Waals surface area contributed by atoms with Crippen LogP contribution in [-0.4, -0.2) is 76.2 Å². The average Bonchev–Trinajstić information content (AvgIpc) is 3.33. The fourth-order valence-electron chi connectivity index (χ4n) is 4.42. The molecule has 0 radical (unpaired) electrons. The van der Waals surface area contributed by atoms with Gasteiger partial charge in [0.25, 0.3) is 10.2 Å². The first-order valence-electron chi connectivity index (χ1n) is 10.7. The van der Waals surface area contributed by atoms with E-state index in [1.807, 2.05) is 0 Å². The molecule has 2 aromatic heterocycles. The highest BCUT2D eigenvalue weighted by atomic mass is 32.2. The van der Waals surface area contributed by atoms with Gasteiger partial charge in [-0.3, -0.25) is 4.57 Å². The Balaban J connectivity index is 1.33. The Kier molecular flexibility index (Phi) is 5.75. The molecule has 2 aliphatic heterocycles. The summed E-state index contributed by atoms with van der Waals surface area (Å²) in [4.78, 5) is 12.1. The number of aliphatic hydroxyl groups excluding tert-OH is 2. The molecule has 2 aliphatic rings. The van der Waals surface area contributed by atoms with E-state index < -0.39 is 45.6 Å². The number of nitrogens with zero attached hydrogens (tertiary/aromatic N) is 4. The third-order valence-electron chi connectivity index (χ3n) is 6.37. The predicted molar refractivity (Wildman–Crippen MR) is 119 cm³/mol. The van der Waals surface area contributed by atoms with Crippen molar-refractivity contribution in [3.05, 3.63) is 48.3 Å². The number of benzene rings is 1. The van der Waals surface area contributed by atoms with E-state index in [0.29, 0.717) is 0 Å². The zero-order valence-corrected chi connectivity index (χ0v) is 19.3. The Hall–Kier alpha value is -2.79. The zero-order chi connectivity index (χ0) is 25.0. The number of imidazole rings is 1. The van der Waals surface area contributed by atoms with E-state index in [0.717, 1.165) is 0 Å². The van der Waals surface area contributed by atoms with Crippen molar-refractivity contribution in [2.24, 2.45) is 0 Å². The number of hydrogen-bond donors (Lipinski definition) is 5. The molecule has 0 spiro atoms. The van der Waals surface area contributed by atoms with Gasteiger partial charge in [-0.1, -0.05) is 18.2 Å². The highest BCUT2D eigenvalue weighted by Crippen LogP contribution is 2.37. The molecule has 3 aromatic rings. The SMILES string of the molecule is CC1(n2cnc3c(N)ncnc32)O[C@H](CNS(=O)(=O)NC2(c3ccccc3F)COC2)[C@@H](O)[C@H]1O. The van der Waals surface area contributed by atoms with Crippen LogP contribution in [0.1, 0.15) is 12.5 Å². The summed E-state index contributed by atoms with van der Waals surface area (Å²) in [6, 6.07) is 5.82. The molecule has 2 saturated heterocycles. The van der Waals surface area contributed by atoms with Gasteiger partial charge in [-0.25, -0.2) is 19.3 Å². The molecule has 0 saturated carbocycles. The van der Waals surface area contributed by atoms with Gasteiger partial charge in [0.2, 0.25) is 0 Å². The molecule has 0 amide bonds. The van der Waals surface area contributed by atoms with Crippen LogP contribution in [-0.2, 0) is 30.9 Å². The summed E-state index contributed by atoms with van der Waals surface area (Å²) in [5.41, 5.74) is 3.73. The normalized spacial score (nSPS) is 28.3. The monoisotopic (exact) mass is 509 g/mol. The maximum Gasteiger partial charge on any atom is 0.277 e. The smallest absolute Gasteiger partial charge is 0.277 e. The Bertz CT molecular complexity index is 1370. The highest BCUT2D eigenvalue weighted by Gasteiger charge is 2.53. The summed E-state index contributed by atoms with van der Waals surface area (Å²) >= 11 is 0. The Morgan fingerprint density at radius 3 is 2.69 bits per heavy atom.